The minimum absolute atomic E-state index is 0.0584. The normalized spacial score (nSPS) is 13.7. The largest absolute Gasteiger partial charge is 0.484 e. The lowest BCUT2D eigenvalue weighted by Gasteiger charge is -2.13. The lowest BCUT2D eigenvalue weighted by molar-refractivity contribution is -0.127. The van der Waals surface area contributed by atoms with E-state index >= 15 is 0 Å². The molecule has 12 heteroatoms. The second-order valence-electron chi connectivity index (χ2n) is 9.21. The van der Waals surface area contributed by atoms with Crippen LogP contribution in [0.15, 0.2) is 65.6 Å². The minimum Gasteiger partial charge on any atom is -0.484 e. The molecule has 10 nitrogen and oxygen atoms in total. The summed E-state index contributed by atoms with van der Waals surface area (Å²) in [6, 6.07) is 16.5. The highest BCUT2D eigenvalue weighted by molar-refractivity contribution is 8.18. The van der Waals surface area contributed by atoms with Crippen molar-refractivity contribution >= 4 is 69.7 Å². The van der Waals surface area contributed by atoms with Crippen LogP contribution in [0.4, 0.5) is 16.2 Å². The van der Waals surface area contributed by atoms with Gasteiger partial charge in [0.1, 0.15) is 12.3 Å². The van der Waals surface area contributed by atoms with Crippen LogP contribution in [0.5, 0.6) is 5.75 Å². The lowest BCUT2D eigenvalue weighted by atomic mass is 10.1. The van der Waals surface area contributed by atoms with E-state index in [9.17, 15) is 24.0 Å². The predicted molar refractivity (Wildman–Crippen MR) is 161 cm³/mol. The van der Waals surface area contributed by atoms with Gasteiger partial charge in [-0.2, -0.15) is 0 Å². The number of imide groups is 1. The third kappa shape index (κ3) is 7.56. The van der Waals surface area contributed by atoms with Crippen LogP contribution >= 0.6 is 23.4 Å². The van der Waals surface area contributed by atoms with E-state index < -0.39 is 29.6 Å². The summed E-state index contributed by atoms with van der Waals surface area (Å²) in [5.74, 6) is -1.79. The number of aryl methyl sites for hydroxylation is 2. The zero-order chi connectivity index (χ0) is 30.4. The van der Waals surface area contributed by atoms with Crippen molar-refractivity contribution in [3.8, 4) is 5.75 Å². The molecule has 0 atom stereocenters. The number of ether oxygens (including phenoxy) is 2. The Hall–Kier alpha value is -4.61. The molecule has 4 rings (SSSR count). The SMILES string of the molecule is COC(=O)c1cc(NC(=O)CN2C(=O)S/C(=C\c3ccc(OCC(=O)Nc4ccc(C)c(C)c4)cc3)C2=O)ccc1Cl. The molecule has 0 saturated carbocycles. The van der Waals surface area contributed by atoms with Crippen LogP contribution in [0.2, 0.25) is 5.02 Å². The zero-order valence-corrected chi connectivity index (χ0v) is 24.4. The van der Waals surface area contributed by atoms with Crippen LogP contribution in [0.3, 0.4) is 0 Å². The molecule has 0 aliphatic carbocycles. The number of hydrogen-bond acceptors (Lipinski definition) is 8. The van der Waals surface area contributed by atoms with E-state index in [0.29, 0.717) is 28.8 Å². The van der Waals surface area contributed by atoms with Gasteiger partial charge in [0, 0.05) is 11.4 Å². The molecule has 42 heavy (non-hydrogen) atoms. The standard InChI is InChI=1S/C30H26ClN3O7S/c1-17-4-7-20(12-18(17)2)33-27(36)16-41-22-9-5-19(6-10-22)13-25-28(37)34(30(39)42-25)15-26(35)32-21-8-11-24(31)23(14-21)29(38)40-3/h4-14H,15-16H2,1-3H3,(H,32,35)(H,33,36)/b25-13-. The molecular formula is C30H26ClN3O7S. The van der Waals surface area contributed by atoms with Crippen LogP contribution in [0.1, 0.15) is 27.0 Å². The monoisotopic (exact) mass is 607 g/mol. The number of carbonyl (C=O) groups is 5. The molecule has 0 spiro atoms. The van der Waals surface area contributed by atoms with Gasteiger partial charge in [-0.3, -0.25) is 24.1 Å². The van der Waals surface area contributed by atoms with Crippen molar-refractivity contribution in [3.63, 3.8) is 0 Å². The molecule has 0 bridgehead atoms. The average molecular weight is 608 g/mol. The molecule has 1 aliphatic rings. The number of thioether (sulfide) groups is 1. The van der Waals surface area contributed by atoms with Crippen molar-refractivity contribution in [2.75, 3.05) is 30.9 Å². The number of nitrogens with one attached hydrogen (secondary N) is 2. The topological polar surface area (TPSA) is 131 Å². The smallest absolute Gasteiger partial charge is 0.339 e. The molecule has 1 saturated heterocycles. The molecule has 0 radical (unpaired) electrons. The summed E-state index contributed by atoms with van der Waals surface area (Å²) in [5, 5.41) is 4.88. The maximum absolute atomic E-state index is 12.9. The molecule has 2 N–H and O–H groups in total. The summed E-state index contributed by atoms with van der Waals surface area (Å²) in [6.07, 6.45) is 1.53. The highest BCUT2D eigenvalue weighted by Gasteiger charge is 2.36. The molecular weight excluding hydrogens is 582 g/mol. The van der Waals surface area contributed by atoms with Gasteiger partial charge >= 0.3 is 5.97 Å². The van der Waals surface area contributed by atoms with Gasteiger partial charge in [-0.15, -0.1) is 0 Å². The first-order valence-electron chi connectivity index (χ1n) is 12.6. The number of esters is 1. The summed E-state index contributed by atoms with van der Waals surface area (Å²) in [7, 11) is 1.20. The highest BCUT2D eigenvalue weighted by Crippen LogP contribution is 2.32. The first kappa shape index (κ1) is 30.4. The van der Waals surface area contributed by atoms with E-state index in [4.69, 9.17) is 16.3 Å². The number of nitrogens with zero attached hydrogens (tertiary/aromatic N) is 1. The van der Waals surface area contributed by atoms with Crippen molar-refractivity contribution in [1.29, 1.82) is 0 Å². The van der Waals surface area contributed by atoms with Gasteiger partial charge in [0.25, 0.3) is 17.1 Å². The summed E-state index contributed by atoms with van der Waals surface area (Å²) in [6.45, 7) is 3.25. The quantitative estimate of drug-likeness (QED) is 0.243. The van der Waals surface area contributed by atoms with Gasteiger partial charge in [0.2, 0.25) is 5.91 Å². The first-order chi connectivity index (χ1) is 20.0. The van der Waals surface area contributed by atoms with Crippen molar-refractivity contribution in [2.45, 2.75) is 13.8 Å². The van der Waals surface area contributed by atoms with E-state index in [1.165, 1.54) is 31.4 Å². The number of rotatable bonds is 9. The van der Waals surface area contributed by atoms with Crippen molar-refractivity contribution in [2.24, 2.45) is 0 Å². The van der Waals surface area contributed by atoms with Gasteiger partial charge in [-0.05, 0) is 90.8 Å². The number of methoxy groups -OCH3 is 1. The molecule has 4 amide bonds. The Morgan fingerprint density at radius 2 is 1.57 bits per heavy atom. The van der Waals surface area contributed by atoms with Crippen LogP contribution in [0.25, 0.3) is 6.08 Å². The molecule has 1 fully saturated rings. The fourth-order valence-corrected chi connectivity index (χ4v) is 4.86. The molecule has 3 aromatic carbocycles. The Bertz CT molecular complexity index is 1600. The van der Waals surface area contributed by atoms with Crippen molar-refractivity contribution in [3.05, 3.63) is 92.8 Å². The summed E-state index contributed by atoms with van der Waals surface area (Å²) >= 11 is 6.71. The summed E-state index contributed by atoms with van der Waals surface area (Å²) < 4.78 is 10.2. The van der Waals surface area contributed by atoms with Gasteiger partial charge in [0.15, 0.2) is 6.61 Å². The lowest BCUT2D eigenvalue weighted by Crippen LogP contribution is -2.36. The summed E-state index contributed by atoms with van der Waals surface area (Å²) in [5.41, 5.74) is 3.81. The second kappa shape index (κ2) is 13.4. The molecule has 0 unspecified atom stereocenters. The van der Waals surface area contributed by atoms with E-state index in [-0.39, 0.29) is 33.7 Å². The zero-order valence-electron chi connectivity index (χ0n) is 22.9. The van der Waals surface area contributed by atoms with E-state index in [2.05, 4.69) is 15.4 Å². The number of amides is 4. The fraction of sp³-hybridized carbons (Fsp3) is 0.167. The number of benzene rings is 3. The Morgan fingerprint density at radius 1 is 0.905 bits per heavy atom. The molecule has 216 valence electrons. The van der Waals surface area contributed by atoms with E-state index in [1.54, 1.807) is 24.3 Å². The van der Waals surface area contributed by atoms with Crippen LogP contribution < -0.4 is 15.4 Å². The van der Waals surface area contributed by atoms with E-state index in [0.717, 1.165) is 16.0 Å². The summed E-state index contributed by atoms with van der Waals surface area (Å²) in [4.78, 5) is 63.0. The van der Waals surface area contributed by atoms with Gasteiger partial charge in [-0.25, -0.2) is 4.79 Å². The molecule has 1 heterocycles. The number of anilines is 2. The minimum atomic E-state index is -0.676. The Morgan fingerprint density at radius 3 is 2.26 bits per heavy atom. The molecule has 1 aliphatic heterocycles. The van der Waals surface area contributed by atoms with E-state index in [1.807, 2.05) is 32.0 Å². The Kier molecular flexibility index (Phi) is 9.66. The maximum atomic E-state index is 12.9. The molecule has 3 aromatic rings. The number of carbonyl (C=O) groups excluding carboxylic acids is 5. The van der Waals surface area contributed by atoms with Crippen LogP contribution in [-0.4, -0.2) is 54.1 Å². The first-order valence-corrected chi connectivity index (χ1v) is 13.8. The van der Waals surface area contributed by atoms with Gasteiger partial charge in [-0.1, -0.05) is 29.8 Å². The van der Waals surface area contributed by atoms with Crippen LogP contribution in [0, 0.1) is 13.8 Å². The fourth-order valence-electron chi connectivity index (χ4n) is 3.83. The van der Waals surface area contributed by atoms with Crippen molar-refractivity contribution < 1.29 is 33.4 Å². The average Bonchev–Trinajstić information content (AvgIpc) is 3.22. The van der Waals surface area contributed by atoms with Gasteiger partial charge < -0.3 is 20.1 Å². The third-order valence-electron chi connectivity index (χ3n) is 6.17. The number of halogens is 1. The Labute approximate surface area is 251 Å². The number of hydrogen-bond donors (Lipinski definition) is 2. The predicted octanol–water partition coefficient (Wildman–Crippen LogP) is 5.44. The van der Waals surface area contributed by atoms with Crippen molar-refractivity contribution in [1.82, 2.24) is 4.90 Å². The highest BCUT2D eigenvalue weighted by atomic mass is 35.5. The maximum Gasteiger partial charge on any atom is 0.339 e. The third-order valence-corrected chi connectivity index (χ3v) is 7.41. The van der Waals surface area contributed by atoms with Gasteiger partial charge in [0.05, 0.1) is 22.6 Å². The molecule has 0 aromatic heterocycles. The van der Waals surface area contributed by atoms with Crippen LogP contribution in [-0.2, 0) is 19.1 Å². The Balaban J connectivity index is 1.32. The second-order valence-corrected chi connectivity index (χ2v) is 10.6.